The largest absolute Gasteiger partial charge is 0.383 e. The van der Waals surface area contributed by atoms with E-state index in [-0.39, 0.29) is 125 Å². The Morgan fingerprint density at radius 3 is 0.882 bits per heavy atom. The third-order valence-corrected chi connectivity index (χ3v) is 18.0. The Kier molecular flexibility index (Phi) is 55.2. The first-order chi connectivity index (χ1) is 56.7. The minimum atomic E-state index is -2.06. The van der Waals surface area contributed by atoms with Gasteiger partial charge in [0.15, 0.2) is 0 Å². The first kappa shape index (κ1) is 106. The van der Waals surface area contributed by atoms with Crippen molar-refractivity contribution in [3.05, 3.63) is 0 Å². The van der Waals surface area contributed by atoms with E-state index in [2.05, 4.69) is 63.8 Å². The molecule has 13 amide bonds. The molecule has 0 bridgehead atoms. The van der Waals surface area contributed by atoms with Gasteiger partial charge in [0, 0.05) is 179 Å². The molecule has 1 rings (SSSR count). The summed E-state index contributed by atoms with van der Waals surface area (Å²) in [6.07, 6.45) is -11.9. The summed E-state index contributed by atoms with van der Waals surface area (Å²) >= 11 is 0. The number of Topliss-reactive ketones (excluding diaryl/α,β-unsaturated/α-hetero) is 10. The van der Waals surface area contributed by atoms with Gasteiger partial charge in [0.2, 0.25) is 75.8 Å². The molecule has 1 fully saturated rings. The number of nitrogens with one attached hydrogen (secondary N) is 12. The van der Waals surface area contributed by atoms with Gasteiger partial charge in [-0.05, 0) is 64.3 Å². The number of nitrogens with two attached hydrogens (primary N) is 1. The summed E-state index contributed by atoms with van der Waals surface area (Å²) in [7, 11) is 10.4. The number of carbonyl (C=O) groups excluding carboxylic acids is 23. The lowest BCUT2D eigenvalue weighted by Crippen LogP contribution is -2.58. The zero-order chi connectivity index (χ0) is 89.4. The van der Waals surface area contributed by atoms with Gasteiger partial charge in [-0.25, -0.2) is 0 Å². The Hall–Kier alpha value is -10.5. The van der Waals surface area contributed by atoms with E-state index in [0.29, 0.717) is 0 Å². The summed E-state index contributed by atoms with van der Waals surface area (Å²) < 4.78 is 39.3. The summed E-state index contributed by atoms with van der Waals surface area (Å²) in [6.45, 7) is -1.85. The fraction of sp³-hybridized carbons (Fsp3) is 0.689. The maximum absolute atomic E-state index is 15.3. The van der Waals surface area contributed by atoms with Crippen LogP contribution < -0.4 is 69.5 Å². The van der Waals surface area contributed by atoms with E-state index in [1.807, 2.05) is 0 Å². The third-order valence-electron chi connectivity index (χ3n) is 18.0. The Balaban J connectivity index is 4.31. The van der Waals surface area contributed by atoms with E-state index in [0.717, 1.165) is 0 Å². The van der Waals surface area contributed by atoms with Gasteiger partial charge in [-0.1, -0.05) is 0 Å². The van der Waals surface area contributed by atoms with Crippen molar-refractivity contribution in [3.63, 3.8) is 0 Å². The van der Waals surface area contributed by atoms with Crippen molar-refractivity contribution in [1.29, 1.82) is 0 Å². The van der Waals surface area contributed by atoms with Gasteiger partial charge in [-0.2, -0.15) is 0 Å². The lowest BCUT2D eigenvalue weighted by Gasteiger charge is -2.32. The number of nitrogens with zero attached hydrogens (tertiary/aromatic N) is 1. The number of primary amides is 1. The Morgan fingerprint density at radius 1 is 0.311 bits per heavy atom. The predicted molar refractivity (Wildman–Crippen MR) is 410 cm³/mol. The van der Waals surface area contributed by atoms with Gasteiger partial charge < -0.3 is 107 Å². The first-order valence-electron chi connectivity index (χ1n) is 38.4. The fourth-order valence-corrected chi connectivity index (χ4v) is 11.5. The van der Waals surface area contributed by atoms with Gasteiger partial charge in [0.25, 0.3) is 47.3 Å². The van der Waals surface area contributed by atoms with Crippen LogP contribution in [0.25, 0.3) is 0 Å². The summed E-state index contributed by atoms with van der Waals surface area (Å²) in [5, 5.41) is 27.8. The number of carbonyl (C=O) groups is 23. The normalized spacial score (nSPS) is 14.1. The van der Waals surface area contributed by atoms with E-state index in [9.17, 15) is 105 Å². The van der Waals surface area contributed by atoms with Crippen LogP contribution >= 0.6 is 0 Å². The molecular weight excluding hydrogens is 1580 g/mol. The quantitative estimate of drug-likeness (QED) is 0.0199. The molecule has 1 aliphatic rings. The van der Waals surface area contributed by atoms with Crippen LogP contribution in [-0.2, 0) is 148 Å². The van der Waals surface area contributed by atoms with E-state index < -0.39 is 285 Å². The lowest BCUT2D eigenvalue weighted by atomic mass is 9.89. The molecule has 1 aliphatic heterocycles. The number of likely N-dealkylation sites (tertiary alicyclic amines) is 1. The third kappa shape index (κ3) is 43.1. The van der Waals surface area contributed by atoms with Crippen LogP contribution in [0.1, 0.15) is 116 Å². The molecule has 0 aromatic rings. The van der Waals surface area contributed by atoms with Crippen LogP contribution in [0.4, 0.5) is 0 Å². The van der Waals surface area contributed by atoms with Gasteiger partial charge in [0.1, 0.15) is 23.7 Å². The van der Waals surface area contributed by atoms with Crippen molar-refractivity contribution in [2.24, 2.45) is 17.6 Å². The molecule has 0 aliphatic carbocycles. The highest BCUT2D eigenvalue weighted by Gasteiger charge is 2.42. The Bertz CT molecular complexity index is 3490. The zero-order valence-electron chi connectivity index (χ0n) is 68.5. The fourth-order valence-electron chi connectivity index (χ4n) is 11.5. The number of ketones is 10. The number of rotatable bonds is 70. The highest BCUT2D eigenvalue weighted by atomic mass is 16.5. The summed E-state index contributed by atoms with van der Waals surface area (Å²) in [4.78, 5) is 314. The van der Waals surface area contributed by atoms with E-state index in [4.69, 9.17) is 43.6 Å². The smallest absolute Gasteiger partial charge is 0.289 e. The van der Waals surface area contributed by atoms with Gasteiger partial charge in [-0.15, -0.1) is 0 Å². The van der Waals surface area contributed by atoms with Crippen LogP contribution in [0.2, 0.25) is 0 Å². The maximum atomic E-state index is 15.3. The van der Waals surface area contributed by atoms with Crippen molar-refractivity contribution in [3.8, 4) is 0 Å². The van der Waals surface area contributed by atoms with Crippen molar-refractivity contribution in [1.82, 2.24) is 68.7 Å². The maximum Gasteiger partial charge on any atom is 0.289 e. The van der Waals surface area contributed by atoms with Crippen LogP contribution in [0.3, 0.4) is 0 Å². The molecule has 1 saturated heterocycles. The van der Waals surface area contributed by atoms with Gasteiger partial charge in [0.05, 0.1) is 77.0 Å². The second-order valence-corrected chi connectivity index (χ2v) is 26.9. The minimum absolute atomic E-state index is 0.00637. The molecule has 0 spiro atoms. The summed E-state index contributed by atoms with van der Waals surface area (Å²) in [5.74, 6) is -30.3. The van der Waals surface area contributed by atoms with E-state index >= 15 is 4.79 Å². The van der Waals surface area contributed by atoms with Crippen LogP contribution in [0.5, 0.6) is 0 Å². The molecule has 0 radical (unpaired) electrons. The predicted octanol–water partition coefficient (Wildman–Crippen LogP) is -8.49. The van der Waals surface area contributed by atoms with Crippen molar-refractivity contribution >= 4 is 135 Å². The topological polar surface area (TPSA) is 640 Å². The summed E-state index contributed by atoms with van der Waals surface area (Å²) in [6, 6.07) is -11.1. The average Bonchev–Trinajstić information content (AvgIpc) is 1.81. The first-order valence-corrected chi connectivity index (χ1v) is 38.4. The Morgan fingerprint density at radius 2 is 0.580 bits per heavy atom. The minimum Gasteiger partial charge on any atom is -0.383 e. The molecule has 14 N–H and O–H groups in total. The molecule has 0 saturated carbocycles. The molecule has 668 valence electrons. The molecule has 7 unspecified atom stereocenters. The number of hydrogen-bond acceptors (Lipinski definition) is 32. The van der Waals surface area contributed by atoms with Crippen LogP contribution in [-0.4, -0.2) is 344 Å². The summed E-state index contributed by atoms with van der Waals surface area (Å²) in [5.41, 5.74) is 5.87. The molecule has 45 nitrogen and oxygen atoms in total. The molecule has 0 aromatic heterocycles. The molecule has 45 heteroatoms. The van der Waals surface area contributed by atoms with Crippen LogP contribution in [0, 0.1) is 11.8 Å². The van der Waals surface area contributed by atoms with Crippen LogP contribution in [0.15, 0.2) is 0 Å². The van der Waals surface area contributed by atoms with E-state index in [1.54, 1.807) is 0 Å². The van der Waals surface area contributed by atoms with Crippen molar-refractivity contribution in [2.75, 3.05) is 169 Å². The molecular formula is C74H116N14O31. The second kappa shape index (κ2) is 61.7. The number of ether oxygens (including phenoxy) is 8. The monoisotopic (exact) mass is 1700 g/mol. The highest BCUT2D eigenvalue weighted by molar-refractivity contribution is 6.41. The average molecular weight is 1700 g/mol. The molecule has 8 atom stereocenters. The van der Waals surface area contributed by atoms with Gasteiger partial charge in [-0.3, -0.25) is 115 Å². The van der Waals surface area contributed by atoms with Crippen molar-refractivity contribution in [2.45, 2.75) is 152 Å². The SMILES string of the molecule is COCCNC(=O)C(=O)CCC(CC(=O)CCC(NC(=O)CCC(C(=O)NC(CCC(=O)CC(CCC(=O)C(=O)NCCOC)C(=O)C(=O)NCCOC)C(=O)NC(CCC(=O)C(=O)NCCOC)C(=O)C(=O)NCCOC)N1CCC[C@H]1C(N)=O)C(=O)NC(CCC(=O)C(=O)NCCOC)C(=O)C(=O)NCCOC)C(=O)C(=O)NCCOC. The highest BCUT2D eigenvalue weighted by Crippen LogP contribution is 2.25. The van der Waals surface area contributed by atoms with Gasteiger partial charge >= 0.3 is 0 Å². The zero-order valence-corrected chi connectivity index (χ0v) is 68.5. The Labute approximate surface area is 687 Å². The van der Waals surface area contributed by atoms with Crippen molar-refractivity contribution < 1.29 is 148 Å². The van der Waals surface area contributed by atoms with E-state index in [1.165, 1.54) is 61.8 Å². The molecule has 0 aromatic carbocycles. The number of amides is 13. The number of hydrogen-bond donors (Lipinski definition) is 13. The molecule has 1 heterocycles. The standard InChI is InChI=1S/C74H116N14O31/c1-112-34-25-76-67(104)54(91)20-11-44(59(96)71(108)80-29-38-116-5)42-46(89)13-15-50(64(101)85-48(61(98)73(110)82-31-40-118-7)17-22-56(93)69(106)78-27-36-114-3)84-58(95)24-19-53(88-33-9-10-52(88)63(75)100)66(103)87-51(65(102)86-49(62(99)74(111)83-32-41-119-8)18-23-57(94)70(107)79-28-37-115-4)16-14-47(90)43-45(60(97)72(109)81-30-39-117-6)12-21-55(92)68(105)77-26-35-113-2/h44-45,48-53H,9-43H2,1-8H3,(H2,75,100)(H,76,104)(H,77,105)(H,78,106)(H,79,107)(H,80,108)(H,81,109)(H,82,110)(H,83,111)(H,84,95)(H,85,101)(H,86,102)(H,87,103)/t44?,45?,48?,49?,50?,51?,52-,53?/m0/s1. The molecule has 119 heavy (non-hydrogen) atoms. The second-order valence-electron chi connectivity index (χ2n) is 26.9. The lowest BCUT2D eigenvalue weighted by molar-refractivity contribution is -0.142. The number of methoxy groups -OCH3 is 8.